The van der Waals surface area contributed by atoms with E-state index < -0.39 is 0 Å². The Balaban J connectivity index is 0.00000289. The quantitative estimate of drug-likeness (QED) is 0.266. The first-order valence-corrected chi connectivity index (χ1v) is 11.7. The maximum atomic E-state index is 6.15. The van der Waals surface area contributed by atoms with Crippen LogP contribution in [-0.4, -0.2) is 51.4 Å². The van der Waals surface area contributed by atoms with Crippen molar-refractivity contribution in [1.29, 1.82) is 0 Å². The smallest absolute Gasteiger partial charge is 0.194 e. The second-order valence-corrected chi connectivity index (χ2v) is 8.77. The molecule has 9 heteroatoms. The van der Waals surface area contributed by atoms with E-state index in [4.69, 9.17) is 9.73 Å². The monoisotopic (exact) mass is 566 g/mol. The summed E-state index contributed by atoms with van der Waals surface area (Å²) in [5, 5.41) is 14.1. The van der Waals surface area contributed by atoms with Gasteiger partial charge in [0, 0.05) is 44.4 Å². The first-order valence-electron chi connectivity index (χ1n) is 10.8. The average Bonchev–Trinajstić information content (AvgIpc) is 3.43. The Morgan fingerprint density at radius 1 is 1.16 bits per heavy atom. The van der Waals surface area contributed by atoms with Gasteiger partial charge >= 0.3 is 0 Å². The summed E-state index contributed by atoms with van der Waals surface area (Å²) in [5.41, 5.74) is 0. The van der Waals surface area contributed by atoms with E-state index in [-0.39, 0.29) is 30.1 Å². The zero-order valence-corrected chi connectivity index (χ0v) is 21.8. The van der Waals surface area contributed by atoms with Crippen molar-refractivity contribution in [1.82, 2.24) is 25.0 Å². The van der Waals surface area contributed by atoms with Crippen LogP contribution in [0.2, 0.25) is 0 Å². The van der Waals surface area contributed by atoms with E-state index in [0.717, 1.165) is 62.3 Å². The summed E-state index contributed by atoms with van der Waals surface area (Å²) >= 11 is 1.79. The summed E-state index contributed by atoms with van der Waals surface area (Å²) in [6.07, 6.45) is 3.19. The molecule has 172 valence electrons. The molecule has 0 radical (unpaired) electrons. The molecule has 7 nitrogen and oxygen atoms in total. The van der Waals surface area contributed by atoms with Gasteiger partial charge in [0.05, 0.1) is 0 Å². The summed E-state index contributed by atoms with van der Waals surface area (Å²) in [6.45, 7) is 5.16. The van der Waals surface area contributed by atoms with Crippen LogP contribution in [0.3, 0.4) is 0 Å². The predicted molar refractivity (Wildman–Crippen MR) is 140 cm³/mol. The third kappa shape index (κ3) is 6.68. The fourth-order valence-electron chi connectivity index (χ4n) is 3.63. The molecule has 1 saturated heterocycles. The van der Waals surface area contributed by atoms with E-state index >= 15 is 0 Å². The van der Waals surface area contributed by atoms with Crippen molar-refractivity contribution in [3.8, 4) is 5.75 Å². The minimum atomic E-state index is 0. The standard InChI is InChI=1S/C23H30N6OS.HI/c1-18-26-27-22(28(18)2)17-25-23(24-13-10-21-9-6-16-31-21)29-14-11-20(12-15-29)30-19-7-4-3-5-8-19;/h3-9,16,20H,10-15,17H2,1-2H3,(H,24,25);1H. The number of nitrogens with zero attached hydrogens (tertiary/aromatic N) is 5. The number of hydrogen-bond acceptors (Lipinski definition) is 5. The third-order valence-electron chi connectivity index (χ3n) is 5.58. The molecule has 4 rings (SSSR count). The minimum Gasteiger partial charge on any atom is -0.490 e. The van der Waals surface area contributed by atoms with Crippen molar-refractivity contribution in [2.24, 2.45) is 12.0 Å². The molecular weight excluding hydrogens is 535 g/mol. The lowest BCUT2D eigenvalue weighted by atomic mass is 10.1. The number of halogens is 1. The summed E-state index contributed by atoms with van der Waals surface area (Å²) in [4.78, 5) is 8.61. The maximum absolute atomic E-state index is 6.15. The van der Waals surface area contributed by atoms with Gasteiger partial charge in [0.25, 0.3) is 0 Å². The molecule has 1 aliphatic rings. The van der Waals surface area contributed by atoms with E-state index in [2.05, 4.69) is 37.9 Å². The second-order valence-electron chi connectivity index (χ2n) is 7.74. The van der Waals surface area contributed by atoms with Gasteiger partial charge in [-0.3, -0.25) is 0 Å². The number of aromatic nitrogens is 3. The largest absolute Gasteiger partial charge is 0.490 e. The van der Waals surface area contributed by atoms with Crippen LogP contribution < -0.4 is 10.1 Å². The number of thiophene rings is 1. The maximum Gasteiger partial charge on any atom is 0.194 e. The molecule has 3 heterocycles. The van der Waals surface area contributed by atoms with Crippen LogP contribution in [0.4, 0.5) is 0 Å². The van der Waals surface area contributed by atoms with E-state index in [1.807, 2.05) is 48.9 Å². The lowest BCUT2D eigenvalue weighted by Crippen LogP contribution is -2.48. The van der Waals surface area contributed by atoms with E-state index in [1.54, 1.807) is 11.3 Å². The van der Waals surface area contributed by atoms with Crippen molar-refractivity contribution in [3.63, 3.8) is 0 Å². The van der Waals surface area contributed by atoms with Crippen LogP contribution in [0.15, 0.2) is 52.8 Å². The number of aryl methyl sites for hydroxylation is 1. The van der Waals surface area contributed by atoms with Crippen LogP contribution in [0, 0.1) is 6.92 Å². The number of nitrogens with one attached hydrogen (secondary N) is 1. The first-order chi connectivity index (χ1) is 15.2. The van der Waals surface area contributed by atoms with Gasteiger partial charge in [-0.05, 0) is 36.9 Å². The van der Waals surface area contributed by atoms with Crippen LogP contribution in [0.1, 0.15) is 29.4 Å². The number of ether oxygens (including phenoxy) is 1. The average molecular weight is 567 g/mol. The van der Waals surface area contributed by atoms with Crippen molar-refractivity contribution in [2.75, 3.05) is 19.6 Å². The fourth-order valence-corrected chi connectivity index (χ4v) is 4.34. The summed E-state index contributed by atoms with van der Waals surface area (Å²) in [7, 11) is 1.98. The molecule has 3 aromatic rings. The van der Waals surface area contributed by atoms with Gasteiger partial charge in [0.2, 0.25) is 0 Å². The lowest BCUT2D eigenvalue weighted by Gasteiger charge is -2.34. The van der Waals surface area contributed by atoms with Gasteiger partial charge in [-0.2, -0.15) is 0 Å². The Bertz CT molecular complexity index is 968. The molecule has 1 aliphatic heterocycles. The summed E-state index contributed by atoms with van der Waals surface area (Å²) in [5.74, 6) is 3.66. The van der Waals surface area contributed by atoms with Crippen molar-refractivity contribution in [3.05, 3.63) is 64.4 Å². The highest BCUT2D eigenvalue weighted by Crippen LogP contribution is 2.19. The molecule has 1 fully saturated rings. The van der Waals surface area contributed by atoms with Gasteiger partial charge in [-0.25, -0.2) is 4.99 Å². The molecular formula is C23H31IN6OS. The molecule has 1 N–H and O–H groups in total. The number of guanidine groups is 1. The highest BCUT2D eigenvalue weighted by Gasteiger charge is 2.23. The number of para-hydroxylation sites is 1. The SMILES string of the molecule is Cc1nnc(CN=C(NCCc2cccs2)N2CCC(Oc3ccccc3)CC2)n1C.I. The van der Waals surface area contributed by atoms with Gasteiger partial charge in [0.1, 0.15) is 24.2 Å². The molecule has 0 amide bonds. The summed E-state index contributed by atoms with van der Waals surface area (Å²) < 4.78 is 8.15. The van der Waals surface area contributed by atoms with Crippen LogP contribution >= 0.6 is 35.3 Å². The number of aliphatic imine (C=N–C) groups is 1. The van der Waals surface area contributed by atoms with Crippen LogP contribution in [0.5, 0.6) is 5.75 Å². The third-order valence-corrected chi connectivity index (χ3v) is 6.51. The van der Waals surface area contributed by atoms with Crippen LogP contribution in [-0.2, 0) is 20.0 Å². The van der Waals surface area contributed by atoms with Gasteiger partial charge < -0.3 is 19.5 Å². The molecule has 0 bridgehead atoms. The van der Waals surface area contributed by atoms with E-state index in [0.29, 0.717) is 6.54 Å². The number of hydrogen-bond donors (Lipinski definition) is 1. The Labute approximate surface area is 210 Å². The van der Waals surface area contributed by atoms with Gasteiger partial charge in [-0.15, -0.1) is 45.5 Å². The minimum absolute atomic E-state index is 0. The molecule has 0 atom stereocenters. The molecule has 0 saturated carbocycles. The Morgan fingerprint density at radius 3 is 2.59 bits per heavy atom. The highest BCUT2D eigenvalue weighted by atomic mass is 127. The molecule has 0 spiro atoms. The number of piperidine rings is 1. The predicted octanol–water partition coefficient (Wildman–Crippen LogP) is 4.03. The lowest BCUT2D eigenvalue weighted by molar-refractivity contribution is 0.129. The molecule has 1 aromatic carbocycles. The van der Waals surface area contributed by atoms with Crippen molar-refractivity contribution in [2.45, 2.75) is 38.8 Å². The highest BCUT2D eigenvalue weighted by molar-refractivity contribution is 14.0. The first kappa shape index (κ1) is 24.5. The fraction of sp³-hybridized carbons (Fsp3) is 0.435. The van der Waals surface area contributed by atoms with Gasteiger partial charge in [-0.1, -0.05) is 24.3 Å². The summed E-state index contributed by atoms with van der Waals surface area (Å²) in [6, 6.07) is 14.4. The Hall–Kier alpha value is -2.14. The Morgan fingerprint density at radius 2 is 1.94 bits per heavy atom. The molecule has 32 heavy (non-hydrogen) atoms. The number of benzene rings is 1. The molecule has 2 aromatic heterocycles. The normalized spacial score (nSPS) is 14.8. The van der Waals surface area contributed by atoms with Gasteiger partial charge in [0.15, 0.2) is 11.8 Å². The zero-order chi connectivity index (χ0) is 21.5. The Kier molecular flexibility index (Phi) is 9.34. The number of likely N-dealkylation sites (tertiary alicyclic amines) is 1. The molecule has 0 unspecified atom stereocenters. The van der Waals surface area contributed by atoms with Crippen molar-refractivity contribution < 1.29 is 4.74 Å². The number of rotatable bonds is 7. The topological polar surface area (TPSA) is 67.6 Å². The van der Waals surface area contributed by atoms with Crippen LogP contribution in [0.25, 0.3) is 0 Å². The zero-order valence-electron chi connectivity index (χ0n) is 18.6. The van der Waals surface area contributed by atoms with E-state index in [1.165, 1.54) is 4.88 Å². The van der Waals surface area contributed by atoms with E-state index in [9.17, 15) is 0 Å². The second kappa shape index (κ2) is 12.2. The van der Waals surface area contributed by atoms with Crippen molar-refractivity contribution >= 4 is 41.3 Å². The molecule has 0 aliphatic carbocycles.